The van der Waals surface area contributed by atoms with Gasteiger partial charge in [-0.3, -0.25) is 5.32 Å². The first kappa shape index (κ1) is 18.1. The minimum atomic E-state index is -0.727. The fourth-order valence-corrected chi connectivity index (χ4v) is 2.43. The van der Waals surface area contributed by atoms with Crippen molar-refractivity contribution >= 4 is 11.6 Å². The minimum Gasteiger partial charge on any atom is -0.412 e. The van der Waals surface area contributed by atoms with Gasteiger partial charge in [-0.05, 0) is 42.7 Å². The third-order valence-corrected chi connectivity index (χ3v) is 4.38. The molecule has 1 aromatic heterocycles. The third kappa shape index (κ3) is 4.48. The predicted octanol–water partition coefficient (Wildman–Crippen LogP) is 3.85. The molecule has 6 heteroatoms. The molecule has 26 heavy (non-hydrogen) atoms. The zero-order chi connectivity index (χ0) is 18.4. The van der Waals surface area contributed by atoms with Crippen LogP contribution in [0.25, 0.3) is 0 Å². The fourth-order valence-electron chi connectivity index (χ4n) is 2.22. The average molecular weight is 370 g/mol. The number of aromatic nitrogens is 2. The molecule has 4 nitrogen and oxygen atoms in total. The quantitative estimate of drug-likeness (QED) is 0.548. The summed E-state index contributed by atoms with van der Waals surface area (Å²) in [6.45, 7) is 2.35. The van der Waals surface area contributed by atoms with Gasteiger partial charge in [0.1, 0.15) is 11.4 Å². The van der Waals surface area contributed by atoms with Gasteiger partial charge < -0.3 is 4.42 Å². The van der Waals surface area contributed by atoms with Gasteiger partial charge in [0.05, 0.1) is 0 Å². The van der Waals surface area contributed by atoms with E-state index in [1.807, 2.05) is 37.3 Å². The Bertz CT molecular complexity index is 915. The number of rotatable bonds is 5. The number of nitrogens with one attached hydrogen (secondary N) is 1. The number of hydrogen-bond acceptors (Lipinski definition) is 4. The molecule has 0 aliphatic rings. The van der Waals surface area contributed by atoms with E-state index in [9.17, 15) is 4.39 Å². The lowest BCUT2D eigenvalue weighted by Crippen LogP contribution is -2.41. The highest BCUT2D eigenvalue weighted by Gasteiger charge is 2.31. The van der Waals surface area contributed by atoms with Crippen molar-refractivity contribution in [1.29, 1.82) is 0 Å². The molecule has 1 unspecified atom stereocenters. The van der Waals surface area contributed by atoms with Crippen LogP contribution in [0.1, 0.15) is 29.8 Å². The largest absolute Gasteiger partial charge is 0.412 e. The van der Waals surface area contributed by atoms with Gasteiger partial charge in [0.2, 0.25) is 5.89 Å². The van der Waals surface area contributed by atoms with Gasteiger partial charge in [-0.25, -0.2) is 4.39 Å². The van der Waals surface area contributed by atoms with Crippen LogP contribution in [0.5, 0.6) is 0 Å². The molecule has 0 bridgehead atoms. The van der Waals surface area contributed by atoms with Crippen LogP contribution >= 0.6 is 11.6 Å². The van der Waals surface area contributed by atoms with Crippen molar-refractivity contribution in [2.24, 2.45) is 0 Å². The number of halogens is 2. The van der Waals surface area contributed by atoms with Gasteiger partial charge in [0.15, 0.2) is 0 Å². The second kappa shape index (κ2) is 8.13. The summed E-state index contributed by atoms with van der Waals surface area (Å²) in [6.07, 6.45) is 0. The zero-order valence-corrected chi connectivity index (χ0v) is 14.9. The minimum absolute atomic E-state index is 0.224. The van der Waals surface area contributed by atoms with Crippen molar-refractivity contribution in [3.63, 3.8) is 0 Å². The molecule has 0 saturated heterocycles. The molecular weight excluding hydrogens is 353 g/mol. The highest BCUT2D eigenvalue weighted by Crippen LogP contribution is 2.22. The number of nitrogens with zero attached hydrogens (tertiary/aromatic N) is 2. The van der Waals surface area contributed by atoms with Crippen molar-refractivity contribution in [3.05, 3.63) is 83.3 Å². The van der Waals surface area contributed by atoms with Crippen LogP contribution in [-0.2, 0) is 12.1 Å². The number of hydrogen-bond donors (Lipinski definition) is 1. The molecule has 1 heterocycles. The van der Waals surface area contributed by atoms with Crippen LogP contribution in [0.3, 0.4) is 0 Å². The summed E-state index contributed by atoms with van der Waals surface area (Å²) in [6, 6.07) is 15.8. The Labute approximate surface area is 156 Å². The molecule has 0 radical (unpaired) electrons. The second-order valence-corrected chi connectivity index (χ2v) is 6.24. The first-order valence-corrected chi connectivity index (χ1v) is 8.59. The van der Waals surface area contributed by atoms with E-state index in [4.69, 9.17) is 16.0 Å². The van der Waals surface area contributed by atoms with Gasteiger partial charge >= 0.3 is 0 Å². The summed E-state index contributed by atoms with van der Waals surface area (Å²) < 4.78 is 18.7. The molecule has 1 N–H and O–H groups in total. The first-order chi connectivity index (χ1) is 12.6. The molecule has 3 aromatic rings. The predicted molar refractivity (Wildman–Crippen MR) is 98.0 cm³/mol. The molecule has 3 rings (SSSR count). The third-order valence-electron chi connectivity index (χ3n) is 3.85. The standard InChI is InChI=1S/C20H17ClFN3O/c1-20(14-21,23-13-16-7-10-17(22)11-8-16)19-25-24-18(26-19)12-9-15-5-3-2-4-6-15/h2-8,10-11,23H,13-14H2,1H3. The average Bonchev–Trinajstić information content (AvgIpc) is 3.16. The van der Waals surface area contributed by atoms with E-state index in [0.717, 1.165) is 11.1 Å². The Morgan fingerprint density at radius 2 is 1.81 bits per heavy atom. The molecule has 0 fully saturated rings. The Kier molecular flexibility index (Phi) is 5.67. The molecule has 0 spiro atoms. The van der Waals surface area contributed by atoms with Gasteiger partial charge in [-0.2, -0.15) is 0 Å². The molecule has 0 aliphatic carbocycles. The van der Waals surface area contributed by atoms with Crippen LogP contribution in [0.15, 0.2) is 59.0 Å². The van der Waals surface area contributed by atoms with Crippen LogP contribution in [0.4, 0.5) is 4.39 Å². The molecular formula is C20H17ClFN3O. The summed E-state index contributed by atoms with van der Waals surface area (Å²) >= 11 is 6.13. The van der Waals surface area contributed by atoms with Gasteiger partial charge in [0.25, 0.3) is 5.89 Å². The second-order valence-electron chi connectivity index (χ2n) is 5.97. The maximum absolute atomic E-state index is 13.0. The lowest BCUT2D eigenvalue weighted by Gasteiger charge is -2.24. The normalized spacial score (nSPS) is 12.9. The summed E-state index contributed by atoms with van der Waals surface area (Å²) in [4.78, 5) is 0. The van der Waals surface area contributed by atoms with Gasteiger partial charge in [0, 0.05) is 18.0 Å². The van der Waals surface area contributed by atoms with E-state index >= 15 is 0 Å². The summed E-state index contributed by atoms with van der Waals surface area (Å²) in [5.41, 5.74) is 1.06. The van der Waals surface area contributed by atoms with Crippen molar-refractivity contribution in [2.75, 3.05) is 5.88 Å². The van der Waals surface area contributed by atoms with Gasteiger partial charge in [-0.15, -0.1) is 16.7 Å². The van der Waals surface area contributed by atoms with E-state index in [-0.39, 0.29) is 17.6 Å². The number of benzene rings is 2. The van der Waals surface area contributed by atoms with Crippen LogP contribution in [0.2, 0.25) is 0 Å². The SMILES string of the molecule is CC(CCl)(NCc1ccc(F)cc1)c1nnc(C#Cc2ccccc2)o1. The lowest BCUT2D eigenvalue weighted by molar-refractivity contribution is 0.307. The van der Waals surface area contributed by atoms with Gasteiger partial charge in [-0.1, -0.05) is 41.4 Å². The van der Waals surface area contributed by atoms with E-state index in [1.165, 1.54) is 12.1 Å². The van der Waals surface area contributed by atoms with Crippen molar-refractivity contribution in [2.45, 2.75) is 19.0 Å². The summed E-state index contributed by atoms with van der Waals surface area (Å²) in [7, 11) is 0. The molecule has 0 aliphatic heterocycles. The fraction of sp³-hybridized carbons (Fsp3) is 0.200. The maximum Gasteiger partial charge on any atom is 0.294 e. The van der Waals surface area contributed by atoms with E-state index in [1.54, 1.807) is 12.1 Å². The van der Waals surface area contributed by atoms with E-state index < -0.39 is 5.54 Å². The monoisotopic (exact) mass is 369 g/mol. The molecule has 132 valence electrons. The Balaban J connectivity index is 1.72. The Morgan fingerprint density at radius 3 is 2.50 bits per heavy atom. The molecule has 2 aromatic carbocycles. The van der Waals surface area contributed by atoms with Crippen LogP contribution in [0, 0.1) is 17.7 Å². The molecule has 0 amide bonds. The van der Waals surface area contributed by atoms with Crippen LogP contribution < -0.4 is 5.32 Å². The van der Waals surface area contributed by atoms with Crippen molar-refractivity contribution in [3.8, 4) is 11.8 Å². The van der Waals surface area contributed by atoms with Crippen LogP contribution in [-0.4, -0.2) is 16.1 Å². The van der Waals surface area contributed by atoms with Crippen molar-refractivity contribution in [1.82, 2.24) is 15.5 Å². The van der Waals surface area contributed by atoms with E-state index in [2.05, 4.69) is 27.4 Å². The maximum atomic E-state index is 13.0. The number of alkyl halides is 1. The molecule has 0 saturated carbocycles. The Hall–Kier alpha value is -2.68. The zero-order valence-electron chi connectivity index (χ0n) is 14.2. The lowest BCUT2D eigenvalue weighted by atomic mass is 10.0. The smallest absolute Gasteiger partial charge is 0.294 e. The Morgan fingerprint density at radius 1 is 1.08 bits per heavy atom. The summed E-state index contributed by atoms with van der Waals surface area (Å²) in [5, 5.41) is 11.3. The van der Waals surface area contributed by atoms with Crippen molar-refractivity contribution < 1.29 is 8.81 Å². The first-order valence-electron chi connectivity index (χ1n) is 8.05. The van der Waals surface area contributed by atoms with E-state index in [0.29, 0.717) is 12.4 Å². The molecule has 1 atom stereocenters. The topological polar surface area (TPSA) is 51.0 Å². The highest BCUT2D eigenvalue weighted by molar-refractivity contribution is 6.18. The highest BCUT2D eigenvalue weighted by atomic mass is 35.5. The summed E-state index contributed by atoms with van der Waals surface area (Å²) in [5.74, 6) is 6.36.